The topological polar surface area (TPSA) is 64.7 Å². The summed E-state index contributed by atoms with van der Waals surface area (Å²) in [5.41, 5.74) is 7.44. The van der Waals surface area contributed by atoms with Crippen molar-refractivity contribution in [3.05, 3.63) is 23.8 Å². The van der Waals surface area contributed by atoms with Gasteiger partial charge in [-0.05, 0) is 30.7 Å². The van der Waals surface area contributed by atoms with E-state index in [0.29, 0.717) is 19.8 Å². The van der Waals surface area contributed by atoms with Gasteiger partial charge < -0.3 is 20.3 Å². The van der Waals surface area contributed by atoms with Gasteiger partial charge in [0.05, 0.1) is 19.8 Å². The molecule has 0 radical (unpaired) electrons. The molecular formula is C11H17NO3. The molecule has 0 bridgehead atoms. The maximum absolute atomic E-state index is 8.47. The van der Waals surface area contributed by atoms with E-state index < -0.39 is 0 Å². The number of aryl methyl sites for hydroxylation is 1. The highest BCUT2D eigenvalue weighted by Crippen LogP contribution is 2.18. The fourth-order valence-electron chi connectivity index (χ4n) is 1.12. The first kappa shape index (κ1) is 11.8. The average Bonchev–Trinajstić information content (AvgIpc) is 2.23. The van der Waals surface area contributed by atoms with E-state index in [1.54, 1.807) is 0 Å². The molecule has 4 nitrogen and oxygen atoms in total. The molecule has 0 spiro atoms. The van der Waals surface area contributed by atoms with Gasteiger partial charge in [0.2, 0.25) is 0 Å². The Balaban J connectivity index is 2.28. The Morgan fingerprint density at radius 1 is 1.27 bits per heavy atom. The van der Waals surface area contributed by atoms with E-state index in [1.165, 1.54) is 0 Å². The third-order valence-electron chi connectivity index (χ3n) is 1.97. The van der Waals surface area contributed by atoms with Crippen LogP contribution < -0.4 is 10.5 Å². The molecule has 3 N–H and O–H groups in total. The van der Waals surface area contributed by atoms with E-state index in [9.17, 15) is 0 Å². The third kappa shape index (κ3) is 4.18. The van der Waals surface area contributed by atoms with Crippen molar-refractivity contribution in [1.29, 1.82) is 0 Å². The fourth-order valence-corrected chi connectivity index (χ4v) is 1.12. The highest BCUT2D eigenvalue weighted by atomic mass is 16.5. The zero-order chi connectivity index (χ0) is 11.1. The van der Waals surface area contributed by atoms with Crippen molar-refractivity contribution in [2.45, 2.75) is 6.92 Å². The number of ether oxygens (including phenoxy) is 2. The summed E-state index contributed by atoms with van der Waals surface area (Å²) in [6.07, 6.45) is 0. The predicted octanol–water partition coefficient (Wildman–Crippen LogP) is 0.965. The number of rotatable bonds is 6. The van der Waals surface area contributed by atoms with Gasteiger partial charge in [-0.25, -0.2) is 0 Å². The van der Waals surface area contributed by atoms with E-state index in [1.807, 2.05) is 25.1 Å². The van der Waals surface area contributed by atoms with Crippen LogP contribution in [-0.4, -0.2) is 31.5 Å². The van der Waals surface area contributed by atoms with Gasteiger partial charge in [0.15, 0.2) is 0 Å². The molecule has 0 aromatic heterocycles. The zero-order valence-corrected chi connectivity index (χ0v) is 8.90. The first-order chi connectivity index (χ1) is 7.24. The third-order valence-corrected chi connectivity index (χ3v) is 1.97. The molecule has 84 valence electrons. The molecule has 0 heterocycles. The lowest BCUT2D eigenvalue weighted by molar-refractivity contribution is 0.0705. The maximum atomic E-state index is 8.47. The van der Waals surface area contributed by atoms with Gasteiger partial charge in [0, 0.05) is 5.69 Å². The smallest absolute Gasteiger partial charge is 0.119 e. The van der Waals surface area contributed by atoms with Crippen LogP contribution >= 0.6 is 0 Å². The minimum absolute atomic E-state index is 0.0426. The molecule has 0 saturated carbocycles. The molecule has 0 aliphatic heterocycles. The van der Waals surface area contributed by atoms with Gasteiger partial charge in [0.1, 0.15) is 12.4 Å². The van der Waals surface area contributed by atoms with Crippen molar-refractivity contribution in [3.8, 4) is 5.75 Å². The summed E-state index contributed by atoms with van der Waals surface area (Å²) in [5, 5.41) is 8.47. The standard InChI is InChI=1S/C11H17NO3/c1-9-8-10(2-3-11(9)12)15-7-6-14-5-4-13/h2-3,8,13H,4-7,12H2,1H3. The zero-order valence-electron chi connectivity index (χ0n) is 8.90. The average molecular weight is 211 g/mol. The number of nitrogen functional groups attached to an aromatic ring is 1. The molecule has 0 amide bonds. The number of benzene rings is 1. The lowest BCUT2D eigenvalue weighted by Crippen LogP contribution is -2.09. The van der Waals surface area contributed by atoms with Crippen LogP contribution in [0.4, 0.5) is 5.69 Å². The number of aliphatic hydroxyl groups excluding tert-OH is 1. The molecule has 0 unspecified atom stereocenters. The minimum atomic E-state index is 0.0426. The number of anilines is 1. The van der Waals surface area contributed by atoms with Crippen LogP contribution in [0.3, 0.4) is 0 Å². The quantitative estimate of drug-likeness (QED) is 0.543. The molecule has 0 saturated heterocycles. The Hall–Kier alpha value is -1.26. The van der Waals surface area contributed by atoms with Crippen LogP contribution in [0.1, 0.15) is 5.56 Å². The molecular weight excluding hydrogens is 194 g/mol. The second-order valence-electron chi connectivity index (χ2n) is 3.20. The molecule has 0 fully saturated rings. The molecule has 15 heavy (non-hydrogen) atoms. The first-order valence-electron chi connectivity index (χ1n) is 4.91. The first-order valence-corrected chi connectivity index (χ1v) is 4.91. The van der Waals surface area contributed by atoms with Crippen molar-refractivity contribution in [1.82, 2.24) is 0 Å². The molecule has 4 heteroatoms. The Bertz CT molecular complexity index is 302. The molecule has 1 rings (SSSR count). The van der Waals surface area contributed by atoms with Gasteiger partial charge in [-0.15, -0.1) is 0 Å². The number of nitrogens with two attached hydrogens (primary N) is 1. The van der Waals surface area contributed by atoms with Crippen LogP contribution in [-0.2, 0) is 4.74 Å². The van der Waals surface area contributed by atoms with Crippen molar-refractivity contribution >= 4 is 5.69 Å². The van der Waals surface area contributed by atoms with Crippen LogP contribution in [0.5, 0.6) is 5.75 Å². The summed E-state index contributed by atoms with van der Waals surface area (Å²) in [6.45, 7) is 3.28. The summed E-state index contributed by atoms with van der Waals surface area (Å²) in [5.74, 6) is 0.786. The summed E-state index contributed by atoms with van der Waals surface area (Å²) in [7, 11) is 0. The summed E-state index contributed by atoms with van der Waals surface area (Å²) < 4.78 is 10.5. The van der Waals surface area contributed by atoms with Crippen LogP contribution in [0.2, 0.25) is 0 Å². The Kier molecular flexibility index (Phi) is 4.93. The lowest BCUT2D eigenvalue weighted by Gasteiger charge is -2.08. The lowest BCUT2D eigenvalue weighted by atomic mass is 10.2. The fraction of sp³-hybridized carbons (Fsp3) is 0.455. The van der Waals surface area contributed by atoms with Crippen molar-refractivity contribution in [2.24, 2.45) is 0 Å². The minimum Gasteiger partial charge on any atom is -0.491 e. The maximum Gasteiger partial charge on any atom is 0.119 e. The number of hydrogen-bond donors (Lipinski definition) is 2. The van der Waals surface area contributed by atoms with Gasteiger partial charge in [-0.1, -0.05) is 0 Å². The van der Waals surface area contributed by atoms with E-state index in [2.05, 4.69) is 0 Å². The molecule has 0 aliphatic rings. The van der Waals surface area contributed by atoms with Gasteiger partial charge in [-0.2, -0.15) is 0 Å². The van der Waals surface area contributed by atoms with Crippen molar-refractivity contribution < 1.29 is 14.6 Å². The Morgan fingerprint density at radius 2 is 2.07 bits per heavy atom. The molecule has 0 aliphatic carbocycles. The normalized spacial score (nSPS) is 10.3. The van der Waals surface area contributed by atoms with E-state index in [4.69, 9.17) is 20.3 Å². The van der Waals surface area contributed by atoms with Crippen LogP contribution in [0.15, 0.2) is 18.2 Å². The van der Waals surface area contributed by atoms with Gasteiger partial charge in [-0.3, -0.25) is 0 Å². The SMILES string of the molecule is Cc1cc(OCCOCCO)ccc1N. The van der Waals surface area contributed by atoms with E-state index in [0.717, 1.165) is 17.0 Å². The second-order valence-corrected chi connectivity index (χ2v) is 3.20. The van der Waals surface area contributed by atoms with E-state index >= 15 is 0 Å². The largest absolute Gasteiger partial charge is 0.491 e. The Morgan fingerprint density at radius 3 is 2.73 bits per heavy atom. The Labute approximate surface area is 89.6 Å². The summed E-state index contributed by atoms with van der Waals surface area (Å²) >= 11 is 0. The van der Waals surface area contributed by atoms with E-state index in [-0.39, 0.29) is 6.61 Å². The number of hydrogen-bond acceptors (Lipinski definition) is 4. The van der Waals surface area contributed by atoms with Gasteiger partial charge >= 0.3 is 0 Å². The van der Waals surface area contributed by atoms with Crippen LogP contribution in [0, 0.1) is 6.92 Å². The van der Waals surface area contributed by atoms with Crippen molar-refractivity contribution in [2.75, 3.05) is 32.2 Å². The molecule has 1 aromatic carbocycles. The predicted molar refractivity (Wildman–Crippen MR) is 59.0 cm³/mol. The summed E-state index contributed by atoms with van der Waals surface area (Å²) in [4.78, 5) is 0. The van der Waals surface area contributed by atoms with Crippen LogP contribution in [0.25, 0.3) is 0 Å². The highest BCUT2D eigenvalue weighted by Gasteiger charge is 1.97. The number of aliphatic hydroxyl groups is 1. The molecule has 1 aromatic rings. The second kappa shape index (κ2) is 6.27. The highest BCUT2D eigenvalue weighted by molar-refractivity contribution is 5.49. The molecule has 0 atom stereocenters. The monoisotopic (exact) mass is 211 g/mol. The van der Waals surface area contributed by atoms with Gasteiger partial charge in [0.25, 0.3) is 0 Å². The van der Waals surface area contributed by atoms with Crippen molar-refractivity contribution in [3.63, 3.8) is 0 Å². The summed E-state index contributed by atoms with van der Waals surface area (Å²) in [6, 6.07) is 5.54.